The van der Waals surface area contributed by atoms with Gasteiger partial charge in [-0.05, 0) is 19.3 Å². The smallest absolute Gasteiger partial charge is 0.450 e. The van der Waals surface area contributed by atoms with E-state index in [1.807, 2.05) is 0 Å². The van der Waals surface area contributed by atoms with E-state index < -0.39 is 12.3 Å². The normalized spacial score (nSPS) is 12.9. The van der Waals surface area contributed by atoms with E-state index in [9.17, 15) is 20.1 Å². The molecular formula is C21H44NO6+. The molecule has 0 rings (SSSR count). The summed E-state index contributed by atoms with van der Waals surface area (Å²) in [6, 6.07) is 0. The lowest BCUT2D eigenvalue weighted by atomic mass is 10.0. The van der Waals surface area contributed by atoms with Crippen LogP contribution in [-0.2, 0) is 4.74 Å². The van der Waals surface area contributed by atoms with Crippen LogP contribution in [0, 0.1) is 0 Å². The van der Waals surface area contributed by atoms with Crippen LogP contribution >= 0.6 is 0 Å². The molecule has 0 heterocycles. The Morgan fingerprint density at radius 3 is 1.96 bits per heavy atom. The number of nitrogens with zero attached hydrogens (tertiary/aromatic N) is 1. The second-order valence-corrected chi connectivity index (χ2v) is 7.88. The fourth-order valence-electron chi connectivity index (χ4n) is 3.79. The van der Waals surface area contributed by atoms with Crippen molar-refractivity contribution in [3.63, 3.8) is 0 Å². The minimum absolute atomic E-state index is 0.00386. The number of aliphatic hydroxyl groups is 3. The van der Waals surface area contributed by atoms with Gasteiger partial charge in [-0.25, -0.2) is 4.79 Å². The molecule has 0 radical (unpaired) electrons. The second-order valence-electron chi connectivity index (χ2n) is 7.88. The maximum Gasteiger partial charge on any atom is 0.505 e. The van der Waals surface area contributed by atoms with Gasteiger partial charge in [0, 0.05) is 0 Å². The van der Waals surface area contributed by atoms with Crippen LogP contribution in [0.4, 0.5) is 4.79 Å². The number of rotatable bonds is 20. The third kappa shape index (κ3) is 15.1. The van der Waals surface area contributed by atoms with Crippen LogP contribution in [0.25, 0.3) is 0 Å². The molecule has 0 spiro atoms. The van der Waals surface area contributed by atoms with E-state index >= 15 is 0 Å². The van der Waals surface area contributed by atoms with Crippen molar-refractivity contribution in [3.8, 4) is 0 Å². The lowest BCUT2D eigenvalue weighted by molar-refractivity contribution is -0.931. The first-order valence-electron chi connectivity index (χ1n) is 11.1. The predicted octanol–water partition coefficient (Wildman–Crippen LogP) is 3.15. The van der Waals surface area contributed by atoms with Gasteiger partial charge in [-0.1, -0.05) is 58.3 Å². The van der Waals surface area contributed by atoms with Crippen molar-refractivity contribution >= 4 is 6.16 Å². The molecular weight excluding hydrogens is 362 g/mol. The van der Waals surface area contributed by atoms with E-state index in [-0.39, 0.29) is 19.8 Å². The van der Waals surface area contributed by atoms with Gasteiger partial charge in [-0.15, -0.1) is 0 Å². The van der Waals surface area contributed by atoms with E-state index in [1.165, 1.54) is 38.5 Å². The highest BCUT2D eigenvalue weighted by Crippen LogP contribution is 2.16. The molecule has 0 aliphatic rings. The standard InChI is InChI=1S/C21H43NO6/c1-2-3-4-5-6-7-8-9-12-20(25)19-22(14-16-23,15-17-24)13-10-11-18-28-21(26)27/h20,23-25H,2-19H2,1H3/p+1. The molecule has 7 nitrogen and oxygen atoms in total. The Morgan fingerprint density at radius 1 is 0.857 bits per heavy atom. The SMILES string of the molecule is CCCCCCCCCCC(O)C[N+](CCO)(CCO)CCCCOC(=O)O. The molecule has 168 valence electrons. The van der Waals surface area contributed by atoms with Gasteiger partial charge in [0.25, 0.3) is 0 Å². The maximum absolute atomic E-state index is 10.5. The molecule has 4 N–H and O–H groups in total. The molecule has 0 aromatic rings. The third-order valence-corrected chi connectivity index (χ3v) is 5.39. The van der Waals surface area contributed by atoms with Gasteiger partial charge in [0.15, 0.2) is 0 Å². The fraction of sp³-hybridized carbons (Fsp3) is 0.952. The summed E-state index contributed by atoms with van der Waals surface area (Å²) in [5.74, 6) is 0. The molecule has 0 aliphatic heterocycles. The molecule has 0 aromatic heterocycles. The van der Waals surface area contributed by atoms with E-state index in [1.54, 1.807) is 0 Å². The average molecular weight is 407 g/mol. The van der Waals surface area contributed by atoms with Crippen molar-refractivity contribution in [2.45, 2.75) is 83.7 Å². The summed E-state index contributed by atoms with van der Waals surface area (Å²) in [5.41, 5.74) is 0. The first-order chi connectivity index (χ1) is 13.5. The zero-order chi connectivity index (χ0) is 21.1. The van der Waals surface area contributed by atoms with Crippen LogP contribution in [0.1, 0.15) is 77.6 Å². The zero-order valence-corrected chi connectivity index (χ0v) is 17.9. The Labute approximate surface area is 170 Å². The maximum atomic E-state index is 10.5. The highest BCUT2D eigenvalue weighted by molar-refractivity contribution is 5.56. The largest absolute Gasteiger partial charge is 0.505 e. The summed E-state index contributed by atoms with van der Waals surface area (Å²) >= 11 is 0. The van der Waals surface area contributed by atoms with Crippen LogP contribution in [0.2, 0.25) is 0 Å². The summed E-state index contributed by atoms with van der Waals surface area (Å²) in [6.45, 7) is 4.51. The Morgan fingerprint density at radius 2 is 1.43 bits per heavy atom. The first kappa shape index (κ1) is 27.1. The van der Waals surface area contributed by atoms with Crippen LogP contribution in [0.3, 0.4) is 0 Å². The topological polar surface area (TPSA) is 107 Å². The van der Waals surface area contributed by atoms with Crippen molar-refractivity contribution in [3.05, 3.63) is 0 Å². The molecule has 0 saturated heterocycles. The van der Waals surface area contributed by atoms with Crippen LogP contribution in [-0.4, -0.2) is 83.2 Å². The molecule has 0 saturated carbocycles. The number of hydrogen-bond acceptors (Lipinski definition) is 5. The first-order valence-corrected chi connectivity index (χ1v) is 11.1. The number of ether oxygens (including phenoxy) is 1. The molecule has 0 aromatic carbocycles. The lowest BCUT2D eigenvalue weighted by Gasteiger charge is -2.39. The molecule has 28 heavy (non-hydrogen) atoms. The summed E-state index contributed by atoms with van der Waals surface area (Å²) in [4.78, 5) is 10.4. The second kappa shape index (κ2) is 18.2. The van der Waals surface area contributed by atoms with Crippen molar-refractivity contribution < 1.29 is 34.4 Å². The predicted molar refractivity (Wildman–Crippen MR) is 110 cm³/mol. The Kier molecular flexibility index (Phi) is 17.6. The Bertz CT molecular complexity index is 361. The highest BCUT2D eigenvalue weighted by atomic mass is 16.7. The van der Waals surface area contributed by atoms with E-state index in [2.05, 4.69) is 11.7 Å². The van der Waals surface area contributed by atoms with Gasteiger partial charge in [0.2, 0.25) is 0 Å². The number of carbonyl (C=O) groups is 1. The van der Waals surface area contributed by atoms with Gasteiger partial charge < -0.3 is 29.6 Å². The summed E-state index contributed by atoms with van der Waals surface area (Å²) < 4.78 is 4.98. The molecule has 0 amide bonds. The Balaban J connectivity index is 4.23. The molecule has 0 fully saturated rings. The minimum atomic E-state index is -1.27. The molecule has 1 atom stereocenters. The summed E-state index contributed by atoms with van der Waals surface area (Å²) in [6.07, 6.45) is 10.2. The number of quaternary nitrogens is 1. The van der Waals surface area contributed by atoms with E-state index in [4.69, 9.17) is 5.11 Å². The molecule has 7 heteroatoms. The quantitative estimate of drug-likeness (QED) is 0.141. The fourth-order valence-corrected chi connectivity index (χ4v) is 3.79. The van der Waals surface area contributed by atoms with Gasteiger partial charge in [0.1, 0.15) is 25.7 Å². The van der Waals surface area contributed by atoms with Crippen LogP contribution in [0.5, 0.6) is 0 Å². The highest BCUT2D eigenvalue weighted by Gasteiger charge is 2.29. The molecule has 0 aliphatic carbocycles. The summed E-state index contributed by atoms with van der Waals surface area (Å²) in [5, 5.41) is 38.0. The number of hydrogen-bond donors (Lipinski definition) is 4. The average Bonchev–Trinajstić information content (AvgIpc) is 2.64. The van der Waals surface area contributed by atoms with E-state index in [0.717, 1.165) is 25.7 Å². The number of aliphatic hydroxyl groups excluding tert-OH is 3. The van der Waals surface area contributed by atoms with Crippen molar-refractivity contribution in [1.82, 2.24) is 0 Å². The van der Waals surface area contributed by atoms with Crippen molar-refractivity contribution in [2.24, 2.45) is 0 Å². The zero-order valence-electron chi connectivity index (χ0n) is 17.9. The number of carboxylic acid groups (broad SMARTS) is 1. The number of unbranched alkanes of at least 4 members (excludes halogenated alkanes) is 8. The van der Waals surface area contributed by atoms with Gasteiger partial charge in [0.05, 0.1) is 26.4 Å². The van der Waals surface area contributed by atoms with Gasteiger partial charge in [-0.2, -0.15) is 0 Å². The van der Waals surface area contributed by atoms with Crippen LogP contribution in [0.15, 0.2) is 0 Å². The monoisotopic (exact) mass is 406 g/mol. The Hall–Kier alpha value is -0.890. The van der Waals surface area contributed by atoms with Crippen molar-refractivity contribution in [1.29, 1.82) is 0 Å². The van der Waals surface area contributed by atoms with Crippen LogP contribution < -0.4 is 0 Å². The van der Waals surface area contributed by atoms with Gasteiger partial charge in [-0.3, -0.25) is 0 Å². The summed E-state index contributed by atoms with van der Waals surface area (Å²) in [7, 11) is 0. The minimum Gasteiger partial charge on any atom is -0.450 e. The van der Waals surface area contributed by atoms with Crippen molar-refractivity contribution in [2.75, 3.05) is 46.0 Å². The van der Waals surface area contributed by atoms with E-state index in [0.29, 0.717) is 37.1 Å². The third-order valence-electron chi connectivity index (χ3n) is 5.39. The molecule has 1 unspecified atom stereocenters. The molecule has 0 bridgehead atoms. The van der Waals surface area contributed by atoms with Gasteiger partial charge >= 0.3 is 6.16 Å². The lowest BCUT2D eigenvalue weighted by Crippen LogP contribution is -2.55.